The molecule has 3 atom stereocenters. The molecule has 0 spiro atoms. The van der Waals surface area contributed by atoms with E-state index in [-0.39, 0.29) is 29.8 Å². The molecule has 1 aliphatic rings. The Kier molecular flexibility index (Phi) is 6.50. The van der Waals surface area contributed by atoms with Gasteiger partial charge in [0.05, 0.1) is 0 Å². The molecule has 3 unspecified atom stereocenters. The summed E-state index contributed by atoms with van der Waals surface area (Å²) in [4.78, 5) is 26.3. The fourth-order valence-corrected chi connectivity index (χ4v) is 2.61. The van der Waals surface area contributed by atoms with Crippen molar-refractivity contribution < 1.29 is 9.59 Å². The second kappa shape index (κ2) is 7.65. The van der Waals surface area contributed by atoms with Gasteiger partial charge in [-0.2, -0.15) is 0 Å². The van der Waals surface area contributed by atoms with Gasteiger partial charge in [0.25, 0.3) is 0 Å². The molecular weight excluding hydrogens is 252 g/mol. The molecule has 0 aromatic heterocycles. The Hall–Kier alpha value is -1.06. The molecule has 0 bridgehead atoms. The highest BCUT2D eigenvalue weighted by Gasteiger charge is 2.39. The van der Waals surface area contributed by atoms with Crippen molar-refractivity contribution in [3.05, 3.63) is 0 Å². The summed E-state index contributed by atoms with van der Waals surface area (Å²) in [7, 11) is 0. The van der Waals surface area contributed by atoms with Gasteiger partial charge in [-0.3, -0.25) is 9.59 Å². The van der Waals surface area contributed by atoms with Crippen LogP contribution in [-0.4, -0.2) is 35.3 Å². The molecule has 116 valence electrons. The van der Waals surface area contributed by atoms with Crippen LogP contribution in [0.25, 0.3) is 0 Å². The SMILES string of the molecule is CCC(C)C1NC(=O)C(C)N(CCCCC(C)C)C1=O. The van der Waals surface area contributed by atoms with Crippen molar-refractivity contribution in [2.24, 2.45) is 11.8 Å². The summed E-state index contributed by atoms with van der Waals surface area (Å²) >= 11 is 0. The minimum Gasteiger partial charge on any atom is -0.342 e. The van der Waals surface area contributed by atoms with E-state index >= 15 is 0 Å². The molecule has 0 aliphatic carbocycles. The van der Waals surface area contributed by atoms with Gasteiger partial charge in [-0.15, -0.1) is 0 Å². The van der Waals surface area contributed by atoms with E-state index in [9.17, 15) is 9.59 Å². The first kappa shape index (κ1) is 17.0. The first-order valence-electron chi connectivity index (χ1n) is 7.99. The highest BCUT2D eigenvalue weighted by Crippen LogP contribution is 2.18. The molecule has 2 amide bonds. The Balaban J connectivity index is 2.61. The molecular formula is C16H30N2O2. The Bertz CT molecular complexity index is 341. The third-order valence-electron chi connectivity index (χ3n) is 4.34. The van der Waals surface area contributed by atoms with E-state index in [4.69, 9.17) is 0 Å². The van der Waals surface area contributed by atoms with Crippen molar-refractivity contribution in [1.29, 1.82) is 0 Å². The number of nitrogens with zero attached hydrogens (tertiary/aromatic N) is 1. The number of hydrogen-bond donors (Lipinski definition) is 1. The summed E-state index contributed by atoms with van der Waals surface area (Å²) in [6, 6.07) is -0.671. The van der Waals surface area contributed by atoms with Crippen LogP contribution in [0.5, 0.6) is 0 Å². The second-order valence-corrected chi connectivity index (χ2v) is 6.47. The zero-order chi connectivity index (χ0) is 15.3. The lowest BCUT2D eigenvalue weighted by Crippen LogP contribution is -2.64. The normalized spacial score (nSPS) is 25.0. The van der Waals surface area contributed by atoms with E-state index in [1.807, 2.05) is 13.8 Å². The van der Waals surface area contributed by atoms with E-state index in [2.05, 4.69) is 26.1 Å². The van der Waals surface area contributed by atoms with Crippen LogP contribution in [0.3, 0.4) is 0 Å². The monoisotopic (exact) mass is 282 g/mol. The van der Waals surface area contributed by atoms with Crippen LogP contribution >= 0.6 is 0 Å². The minimum atomic E-state index is -0.339. The number of rotatable bonds is 7. The maximum atomic E-state index is 12.5. The van der Waals surface area contributed by atoms with E-state index in [0.717, 1.165) is 19.3 Å². The lowest BCUT2D eigenvalue weighted by atomic mass is 9.94. The largest absolute Gasteiger partial charge is 0.342 e. The van der Waals surface area contributed by atoms with Gasteiger partial charge in [0.1, 0.15) is 12.1 Å². The molecule has 4 nitrogen and oxygen atoms in total. The number of amides is 2. The van der Waals surface area contributed by atoms with Crippen molar-refractivity contribution in [3.63, 3.8) is 0 Å². The number of piperazine rings is 1. The third kappa shape index (κ3) is 4.22. The van der Waals surface area contributed by atoms with Crippen LogP contribution < -0.4 is 5.32 Å². The van der Waals surface area contributed by atoms with Gasteiger partial charge < -0.3 is 10.2 Å². The summed E-state index contributed by atoms with van der Waals surface area (Å²) in [5, 5.41) is 2.88. The summed E-state index contributed by atoms with van der Waals surface area (Å²) < 4.78 is 0. The molecule has 20 heavy (non-hydrogen) atoms. The van der Waals surface area contributed by atoms with Crippen LogP contribution in [0, 0.1) is 11.8 Å². The van der Waals surface area contributed by atoms with Gasteiger partial charge in [0.2, 0.25) is 11.8 Å². The number of carbonyl (C=O) groups is 2. The zero-order valence-corrected chi connectivity index (χ0v) is 13.6. The third-order valence-corrected chi connectivity index (χ3v) is 4.34. The van der Waals surface area contributed by atoms with Gasteiger partial charge in [-0.1, -0.05) is 47.0 Å². The first-order valence-corrected chi connectivity index (χ1v) is 7.99. The van der Waals surface area contributed by atoms with Gasteiger partial charge in [-0.05, 0) is 25.2 Å². The van der Waals surface area contributed by atoms with Crippen molar-refractivity contribution in [2.45, 2.75) is 72.4 Å². The molecule has 1 aliphatic heterocycles. The predicted molar refractivity (Wildman–Crippen MR) is 81.2 cm³/mol. The van der Waals surface area contributed by atoms with E-state index in [1.165, 1.54) is 6.42 Å². The summed E-state index contributed by atoms with van der Waals surface area (Å²) in [6.07, 6.45) is 4.17. The van der Waals surface area contributed by atoms with E-state index in [1.54, 1.807) is 4.90 Å². The van der Waals surface area contributed by atoms with Crippen molar-refractivity contribution in [1.82, 2.24) is 10.2 Å². The van der Waals surface area contributed by atoms with Crippen molar-refractivity contribution in [3.8, 4) is 0 Å². The van der Waals surface area contributed by atoms with Gasteiger partial charge >= 0.3 is 0 Å². The van der Waals surface area contributed by atoms with Crippen LogP contribution in [-0.2, 0) is 9.59 Å². The van der Waals surface area contributed by atoms with E-state index in [0.29, 0.717) is 12.5 Å². The average molecular weight is 282 g/mol. The number of nitrogens with one attached hydrogen (secondary N) is 1. The fraction of sp³-hybridized carbons (Fsp3) is 0.875. The van der Waals surface area contributed by atoms with Crippen LogP contribution in [0.4, 0.5) is 0 Å². The Morgan fingerprint density at radius 2 is 1.85 bits per heavy atom. The maximum Gasteiger partial charge on any atom is 0.246 e. The number of carbonyl (C=O) groups excluding carboxylic acids is 2. The minimum absolute atomic E-state index is 0.0150. The fourth-order valence-electron chi connectivity index (χ4n) is 2.61. The second-order valence-electron chi connectivity index (χ2n) is 6.47. The maximum absolute atomic E-state index is 12.5. The molecule has 4 heteroatoms. The molecule has 1 fully saturated rings. The van der Waals surface area contributed by atoms with Crippen LogP contribution in [0.2, 0.25) is 0 Å². The average Bonchev–Trinajstić information content (AvgIpc) is 2.40. The van der Waals surface area contributed by atoms with Crippen molar-refractivity contribution in [2.75, 3.05) is 6.54 Å². The molecule has 1 N–H and O–H groups in total. The van der Waals surface area contributed by atoms with Gasteiger partial charge in [0.15, 0.2) is 0 Å². The molecule has 0 aromatic rings. The Labute approximate surface area is 123 Å². The summed E-state index contributed by atoms with van der Waals surface area (Å²) in [5.74, 6) is 0.965. The van der Waals surface area contributed by atoms with Gasteiger partial charge in [-0.25, -0.2) is 0 Å². The molecule has 1 saturated heterocycles. The number of unbranched alkanes of at least 4 members (excludes halogenated alkanes) is 1. The highest BCUT2D eigenvalue weighted by atomic mass is 16.2. The summed E-state index contributed by atoms with van der Waals surface area (Å²) in [6.45, 7) is 11.0. The smallest absolute Gasteiger partial charge is 0.246 e. The first-order chi connectivity index (χ1) is 9.38. The predicted octanol–water partition coefficient (Wildman–Crippen LogP) is 2.57. The zero-order valence-electron chi connectivity index (χ0n) is 13.6. The van der Waals surface area contributed by atoms with Crippen LogP contribution in [0.1, 0.15) is 60.3 Å². The molecule has 0 radical (unpaired) electrons. The Morgan fingerprint density at radius 1 is 1.20 bits per heavy atom. The Morgan fingerprint density at radius 3 is 2.40 bits per heavy atom. The number of hydrogen-bond acceptors (Lipinski definition) is 2. The summed E-state index contributed by atoms with van der Waals surface area (Å²) in [5.41, 5.74) is 0. The molecule has 1 heterocycles. The van der Waals surface area contributed by atoms with Crippen molar-refractivity contribution >= 4 is 11.8 Å². The van der Waals surface area contributed by atoms with Crippen LogP contribution in [0.15, 0.2) is 0 Å². The highest BCUT2D eigenvalue weighted by molar-refractivity contribution is 5.96. The molecule has 0 saturated carbocycles. The van der Waals surface area contributed by atoms with Gasteiger partial charge in [0, 0.05) is 6.54 Å². The lowest BCUT2D eigenvalue weighted by Gasteiger charge is -2.39. The molecule has 1 rings (SSSR count). The quantitative estimate of drug-likeness (QED) is 0.730. The standard InChI is InChI=1S/C16H30N2O2/c1-6-12(4)14-16(20)18(13(5)15(19)17-14)10-8-7-9-11(2)3/h11-14H,6-10H2,1-5H3,(H,17,19). The topological polar surface area (TPSA) is 49.4 Å². The molecule has 0 aromatic carbocycles. The van der Waals surface area contributed by atoms with E-state index < -0.39 is 0 Å². The lowest BCUT2D eigenvalue weighted by molar-refractivity contribution is -0.150.